The monoisotopic (exact) mass is 269 g/mol. The molecule has 1 fully saturated rings. The molecule has 0 bridgehead atoms. The molecule has 1 saturated carbocycles. The molecule has 1 N–H and O–H groups in total. The van der Waals surface area contributed by atoms with Gasteiger partial charge in [-0.15, -0.1) is 10.2 Å². The first kappa shape index (κ1) is 13.4. The Morgan fingerprint density at radius 1 is 1.44 bits per heavy atom. The van der Waals surface area contributed by atoms with Crippen molar-refractivity contribution in [3.8, 4) is 0 Å². The van der Waals surface area contributed by atoms with E-state index in [0.717, 1.165) is 16.9 Å². The van der Waals surface area contributed by atoms with Gasteiger partial charge in [0.2, 0.25) is 0 Å². The Kier molecular flexibility index (Phi) is 3.94. The molecular formula is C12H19N3O2S. The molecule has 1 aromatic rings. The molecular weight excluding hydrogens is 250 g/mol. The van der Waals surface area contributed by atoms with Gasteiger partial charge in [-0.2, -0.15) is 0 Å². The molecule has 1 heterocycles. The molecule has 6 heteroatoms. The van der Waals surface area contributed by atoms with Gasteiger partial charge in [-0.1, -0.05) is 18.7 Å². The topological polar surface area (TPSA) is 68.0 Å². The summed E-state index contributed by atoms with van der Waals surface area (Å²) in [4.78, 5) is 10.6. The van der Waals surface area contributed by atoms with Crippen molar-refractivity contribution >= 4 is 17.7 Å². The molecule has 0 aliphatic heterocycles. The number of carbonyl (C=O) groups is 1. The normalized spacial score (nSPS) is 17.1. The minimum absolute atomic E-state index is 0.0304. The number of hydrogen-bond donors (Lipinski definition) is 1. The van der Waals surface area contributed by atoms with Crippen molar-refractivity contribution in [2.24, 2.45) is 5.92 Å². The number of aliphatic carboxylic acids is 1. The Hall–Kier alpha value is -1.04. The molecule has 1 aliphatic rings. The molecule has 1 atom stereocenters. The van der Waals surface area contributed by atoms with Crippen LogP contribution in [0.5, 0.6) is 0 Å². The number of rotatable bonds is 6. The zero-order valence-electron chi connectivity index (χ0n) is 11.0. The van der Waals surface area contributed by atoms with Crippen LogP contribution < -0.4 is 0 Å². The molecule has 0 radical (unpaired) electrons. The van der Waals surface area contributed by atoms with Gasteiger partial charge in [0.15, 0.2) is 5.16 Å². The summed E-state index contributed by atoms with van der Waals surface area (Å²) >= 11 is 1.24. The van der Waals surface area contributed by atoms with Gasteiger partial charge in [-0.3, -0.25) is 4.79 Å². The van der Waals surface area contributed by atoms with Crippen molar-refractivity contribution in [3.05, 3.63) is 5.82 Å². The lowest BCUT2D eigenvalue weighted by Crippen LogP contribution is -2.12. The van der Waals surface area contributed by atoms with Crippen molar-refractivity contribution in [3.63, 3.8) is 0 Å². The average molecular weight is 269 g/mol. The highest BCUT2D eigenvalue weighted by Crippen LogP contribution is 2.42. The summed E-state index contributed by atoms with van der Waals surface area (Å²) in [6.45, 7) is 6.35. The van der Waals surface area contributed by atoms with Gasteiger partial charge in [0, 0.05) is 12.0 Å². The van der Waals surface area contributed by atoms with Gasteiger partial charge >= 0.3 is 5.97 Å². The second-order valence-electron chi connectivity index (χ2n) is 5.11. The lowest BCUT2D eigenvalue weighted by atomic mass is 10.1. The van der Waals surface area contributed by atoms with Gasteiger partial charge in [0.25, 0.3) is 0 Å². The number of hydrogen-bond acceptors (Lipinski definition) is 4. The molecule has 0 spiro atoms. The van der Waals surface area contributed by atoms with Crippen LogP contribution >= 0.6 is 11.8 Å². The van der Waals surface area contributed by atoms with Crippen LogP contribution in [0.2, 0.25) is 0 Å². The number of carboxylic acid groups (broad SMARTS) is 1. The molecule has 0 amide bonds. The second-order valence-corrected chi connectivity index (χ2v) is 6.06. The first-order valence-electron chi connectivity index (χ1n) is 6.30. The molecule has 1 unspecified atom stereocenters. The van der Waals surface area contributed by atoms with Crippen LogP contribution in [0.25, 0.3) is 0 Å². The van der Waals surface area contributed by atoms with E-state index in [1.165, 1.54) is 24.6 Å². The molecule has 0 saturated heterocycles. The van der Waals surface area contributed by atoms with Crippen molar-refractivity contribution in [1.29, 1.82) is 0 Å². The van der Waals surface area contributed by atoms with Gasteiger partial charge < -0.3 is 9.67 Å². The largest absolute Gasteiger partial charge is 0.481 e. The molecule has 0 aromatic carbocycles. The quantitative estimate of drug-likeness (QED) is 0.804. The summed E-state index contributed by atoms with van der Waals surface area (Å²) in [6.07, 6.45) is 2.54. The Morgan fingerprint density at radius 2 is 2.11 bits per heavy atom. The number of carboxylic acids is 1. The summed E-state index contributed by atoms with van der Waals surface area (Å²) in [6, 6.07) is 0.257. The van der Waals surface area contributed by atoms with Crippen LogP contribution in [-0.4, -0.2) is 31.6 Å². The number of nitrogens with zero attached hydrogens (tertiary/aromatic N) is 3. The minimum atomic E-state index is -0.824. The third kappa shape index (κ3) is 2.85. The van der Waals surface area contributed by atoms with E-state index in [4.69, 9.17) is 5.11 Å². The first-order valence-corrected chi connectivity index (χ1v) is 7.28. The number of thioether (sulfide) groups is 1. The maximum atomic E-state index is 10.6. The van der Waals surface area contributed by atoms with E-state index >= 15 is 0 Å². The predicted octanol–water partition coefficient (Wildman–Crippen LogP) is 2.55. The molecule has 100 valence electrons. The fraction of sp³-hybridized carbons (Fsp3) is 0.750. The lowest BCUT2D eigenvalue weighted by molar-refractivity contribution is -0.133. The summed E-state index contributed by atoms with van der Waals surface area (Å²) in [5, 5.41) is 17.9. The fourth-order valence-electron chi connectivity index (χ4n) is 2.12. The van der Waals surface area contributed by atoms with Crippen LogP contribution in [0.1, 0.15) is 51.4 Å². The second kappa shape index (κ2) is 5.30. The van der Waals surface area contributed by atoms with Crippen LogP contribution in [0, 0.1) is 5.92 Å². The minimum Gasteiger partial charge on any atom is -0.481 e. The van der Waals surface area contributed by atoms with Crippen molar-refractivity contribution in [2.45, 2.75) is 50.7 Å². The van der Waals surface area contributed by atoms with E-state index in [9.17, 15) is 4.79 Å². The third-order valence-corrected chi connectivity index (χ3v) is 4.20. The Labute approximate surface area is 111 Å². The lowest BCUT2D eigenvalue weighted by Gasteiger charge is -2.17. The smallest absolute Gasteiger partial charge is 0.313 e. The molecule has 18 heavy (non-hydrogen) atoms. The zero-order valence-corrected chi connectivity index (χ0v) is 11.8. The zero-order chi connectivity index (χ0) is 13.3. The SMILES string of the molecule is CC(c1nnc(SCC(=O)O)n1C(C)C)C1CC1. The third-order valence-electron chi connectivity index (χ3n) is 3.27. The molecule has 5 nitrogen and oxygen atoms in total. The van der Waals surface area contributed by atoms with E-state index in [1.54, 1.807) is 0 Å². The highest BCUT2D eigenvalue weighted by atomic mass is 32.2. The highest BCUT2D eigenvalue weighted by Gasteiger charge is 2.33. The Bertz CT molecular complexity index is 441. The van der Waals surface area contributed by atoms with E-state index in [1.807, 2.05) is 0 Å². The van der Waals surface area contributed by atoms with E-state index in [0.29, 0.717) is 5.92 Å². The average Bonchev–Trinajstić information content (AvgIpc) is 3.04. The van der Waals surface area contributed by atoms with Gasteiger partial charge in [-0.05, 0) is 32.6 Å². The predicted molar refractivity (Wildman–Crippen MR) is 69.9 cm³/mol. The Morgan fingerprint density at radius 3 is 2.61 bits per heavy atom. The molecule has 1 aliphatic carbocycles. The van der Waals surface area contributed by atoms with Crippen molar-refractivity contribution in [1.82, 2.24) is 14.8 Å². The van der Waals surface area contributed by atoms with Crippen LogP contribution in [0.3, 0.4) is 0 Å². The summed E-state index contributed by atoms with van der Waals surface area (Å²) in [5.41, 5.74) is 0. The van der Waals surface area contributed by atoms with E-state index < -0.39 is 5.97 Å². The Balaban J connectivity index is 2.21. The summed E-state index contributed by atoms with van der Waals surface area (Å²) < 4.78 is 2.08. The summed E-state index contributed by atoms with van der Waals surface area (Å²) in [7, 11) is 0. The molecule has 1 aromatic heterocycles. The van der Waals surface area contributed by atoms with Crippen LogP contribution in [0.15, 0.2) is 5.16 Å². The summed E-state index contributed by atoms with van der Waals surface area (Å²) in [5.74, 6) is 1.35. The standard InChI is InChI=1S/C12H19N3O2S/c1-7(2)15-11(8(3)9-4-5-9)13-14-12(15)18-6-10(16)17/h7-9H,4-6H2,1-3H3,(H,16,17). The maximum Gasteiger partial charge on any atom is 0.313 e. The van der Waals surface area contributed by atoms with Gasteiger partial charge in [-0.25, -0.2) is 0 Å². The highest BCUT2D eigenvalue weighted by molar-refractivity contribution is 7.99. The van der Waals surface area contributed by atoms with Gasteiger partial charge in [0.1, 0.15) is 5.82 Å². The van der Waals surface area contributed by atoms with Crippen LogP contribution in [0.4, 0.5) is 0 Å². The maximum absolute atomic E-state index is 10.6. The van der Waals surface area contributed by atoms with E-state index in [-0.39, 0.29) is 11.8 Å². The van der Waals surface area contributed by atoms with Gasteiger partial charge in [0.05, 0.1) is 5.75 Å². The van der Waals surface area contributed by atoms with Crippen molar-refractivity contribution < 1.29 is 9.90 Å². The van der Waals surface area contributed by atoms with Crippen LogP contribution in [-0.2, 0) is 4.79 Å². The number of aromatic nitrogens is 3. The first-order chi connectivity index (χ1) is 8.50. The van der Waals surface area contributed by atoms with Crippen molar-refractivity contribution in [2.75, 3.05) is 5.75 Å². The molecule has 2 rings (SSSR count). The fourth-order valence-corrected chi connectivity index (χ4v) is 2.91. The van der Waals surface area contributed by atoms with E-state index in [2.05, 4.69) is 35.5 Å².